The fourth-order valence-corrected chi connectivity index (χ4v) is 6.41. The molecule has 0 aliphatic heterocycles. The molecule has 0 aromatic rings. The van der Waals surface area contributed by atoms with Gasteiger partial charge in [0.15, 0.2) is 6.10 Å². The third-order valence-corrected chi connectivity index (χ3v) is 9.82. The molecule has 0 bridgehead atoms. The van der Waals surface area contributed by atoms with Crippen molar-refractivity contribution in [1.82, 2.24) is 0 Å². The summed E-state index contributed by atoms with van der Waals surface area (Å²) in [5.74, 6) is -0.340. The second kappa shape index (κ2) is 40.5. The van der Waals surface area contributed by atoms with E-state index in [4.69, 9.17) is 24.3 Å². The van der Waals surface area contributed by atoms with Gasteiger partial charge in [-0.15, -0.1) is 0 Å². The normalized spacial score (nSPS) is 13.9. The molecule has 0 amide bonds. The van der Waals surface area contributed by atoms with E-state index in [1.807, 2.05) is 6.08 Å². The van der Waals surface area contributed by atoms with Crippen molar-refractivity contribution in [3.63, 3.8) is 0 Å². The predicted molar refractivity (Wildman–Crippen MR) is 219 cm³/mol. The van der Waals surface area contributed by atoms with Gasteiger partial charge in [0.25, 0.3) is 0 Å². The summed E-state index contributed by atoms with van der Waals surface area (Å²) in [6.45, 7) is 4.16. The van der Waals surface area contributed by atoms with Crippen LogP contribution in [-0.4, -0.2) is 43.3 Å². The average Bonchev–Trinajstić information content (AvgIpc) is 3.14. The van der Waals surface area contributed by atoms with E-state index in [-0.39, 0.29) is 38.8 Å². The Bertz CT molecular complexity index is 936. The zero-order valence-corrected chi connectivity index (χ0v) is 34.4. The summed E-state index contributed by atoms with van der Waals surface area (Å²) in [7, 11) is -4.28. The van der Waals surface area contributed by atoms with Gasteiger partial charge in [0.1, 0.15) is 6.61 Å². The summed E-state index contributed by atoms with van der Waals surface area (Å²) < 4.78 is 33.1. The molecule has 0 radical (unpaired) electrons. The van der Waals surface area contributed by atoms with Crippen molar-refractivity contribution >= 4 is 13.8 Å². The predicted octanol–water partition coefficient (Wildman–Crippen LogP) is 12.8. The first-order valence-corrected chi connectivity index (χ1v) is 22.7. The van der Waals surface area contributed by atoms with E-state index in [2.05, 4.69) is 50.3 Å². The highest BCUT2D eigenvalue weighted by Crippen LogP contribution is 2.43. The molecule has 0 saturated carbocycles. The van der Waals surface area contributed by atoms with Crippen LogP contribution in [0.2, 0.25) is 0 Å². The molecule has 0 aromatic carbocycles. The highest BCUT2D eigenvalue weighted by atomic mass is 31.2. The number of nitrogens with two attached hydrogens (primary N) is 1. The highest BCUT2D eigenvalue weighted by Gasteiger charge is 2.24. The van der Waals surface area contributed by atoms with Gasteiger partial charge in [0.05, 0.1) is 19.5 Å². The van der Waals surface area contributed by atoms with E-state index in [1.54, 1.807) is 6.26 Å². The summed E-state index contributed by atoms with van der Waals surface area (Å²) in [6, 6.07) is 0. The Labute approximate surface area is 320 Å². The minimum Gasteiger partial charge on any atom is -0.492 e. The monoisotopic (exact) mass is 754 g/mol. The van der Waals surface area contributed by atoms with Gasteiger partial charge in [-0.1, -0.05) is 166 Å². The molecule has 0 saturated heterocycles. The van der Waals surface area contributed by atoms with Crippen LogP contribution in [-0.2, 0) is 27.9 Å². The molecule has 0 aliphatic carbocycles. The molecule has 0 heterocycles. The summed E-state index contributed by atoms with van der Waals surface area (Å²) in [6.07, 6.45) is 48.1. The summed E-state index contributed by atoms with van der Waals surface area (Å²) >= 11 is 0. The summed E-state index contributed by atoms with van der Waals surface area (Å²) in [5, 5.41) is 0. The van der Waals surface area contributed by atoms with E-state index < -0.39 is 13.9 Å². The smallest absolute Gasteiger partial charge is 0.472 e. The maximum Gasteiger partial charge on any atom is 0.472 e. The van der Waals surface area contributed by atoms with Gasteiger partial charge in [-0.3, -0.25) is 13.8 Å². The standard InChI is InChI=1S/C43H80NO7P/c1-3-5-7-9-11-13-15-17-19-21-22-24-26-28-30-32-34-36-43(45)49-40-42(41-51-52(46,47)50-39-37-44)48-38-35-33-31-29-27-25-23-20-18-16-14-12-10-8-6-4-2/h17,19,22,24,28,30,35,38,42H,3-16,18,20-21,23,25-27,29,31-34,36-37,39-41,44H2,1-2H3,(H,46,47)/t42-/m1/s1. The fourth-order valence-electron chi connectivity index (χ4n) is 5.64. The van der Waals surface area contributed by atoms with Crippen LogP contribution in [0.5, 0.6) is 0 Å². The van der Waals surface area contributed by atoms with E-state index >= 15 is 0 Å². The lowest BCUT2D eigenvalue weighted by Crippen LogP contribution is -2.25. The number of phosphoric acid groups is 1. The van der Waals surface area contributed by atoms with E-state index in [1.165, 1.54) is 128 Å². The number of hydrogen-bond acceptors (Lipinski definition) is 7. The van der Waals surface area contributed by atoms with Gasteiger partial charge in [0.2, 0.25) is 0 Å². The maximum absolute atomic E-state index is 12.4. The number of allylic oxidation sites excluding steroid dienone is 7. The van der Waals surface area contributed by atoms with Crippen LogP contribution in [0.15, 0.2) is 48.8 Å². The average molecular weight is 754 g/mol. The van der Waals surface area contributed by atoms with Gasteiger partial charge >= 0.3 is 13.8 Å². The van der Waals surface area contributed by atoms with Gasteiger partial charge in [-0.25, -0.2) is 4.57 Å². The number of ether oxygens (including phenoxy) is 2. The molecule has 3 N–H and O–H groups in total. The zero-order valence-electron chi connectivity index (χ0n) is 33.5. The van der Waals surface area contributed by atoms with E-state index in [0.29, 0.717) is 6.42 Å². The molecule has 0 fully saturated rings. The molecular formula is C43H80NO7P. The van der Waals surface area contributed by atoms with Gasteiger partial charge in [-0.2, -0.15) is 0 Å². The third-order valence-electron chi connectivity index (χ3n) is 8.84. The Kier molecular flexibility index (Phi) is 39.2. The molecule has 8 nitrogen and oxygen atoms in total. The molecule has 0 aliphatic rings. The second-order valence-corrected chi connectivity index (χ2v) is 15.4. The number of hydrogen-bond donors (Lipinski definition) is 2. The van der Waals surface area contributed by atoms with Crippen molar-refractivity contribution in [2.24, 2.45) is 5.73 Å². The van der Waals surface area contributed by atoms with Crippen LogP contribution in [0.3, 0.4) is 0 Å². The Morgan fingerprint density at radius 3 is 1.54 bits per heavy atom. The molecule has 0 rings (SSSR count). The number of esters is 1. The van der Waals surface area contributed by atoms with Crippen molar-refractivity contribution < 1.29 is 32.8 Å². The van der Waals surface area contributed by atoms with Crippen LogP contribution in [0.25, 0.3) is 0 Å². The molecule has 304 valence electrons. The summed E-state index contributed by atoms with van der Waals surface area (Å²) in [4.78, 5) is 22.2. The lowest BCUT2D eigenvalue weighted by Gasteiger charge is -2.19. The van der Waals surface area contributed by atoms with Crippen LogP contribution in [0.1, 0.15) is 187 Å². The Morgan fingerprint density at radius 2 is 1.04 bits per heavy atom. The largest absolute Gasteiger partial charge is 0.492 e. The molecule has 1 unspecified atom stereocenters. The van der Waals surface area contributed by atoms with E-state index in [9.17, 15) is 14.3 Å². The first kappa shape index (κ1) is 50.3. The Morgan fingerprint density at radius 1 is 0.596 bits per heavy atom. The lowest BCUT2D eigenvalue weighted by molar-refractivity contribution is -0.147. The van der Waals surface area contributed by atoms with Crippen LogP contribution >= 0.6 is 7.82 Å². The fraction of sp³-hybridized carbons (Fsp3) is 0.791. The number of unbranched alkanes of at least 4 members (excludes halogenated alkanes) is 21. The van der Waals surface area contributed by atoms with Gasteiger partial charge < -0.3 is 20.1 Å². The number of phosphoric ester groups is 1. The molecule has 9 heteroatoms. The van der Waals surface area contributed by atoms with Gasteiger partial charge in [-0.05, 0) is 57.4 Å². The van der Waals surface area contributed by atoms with Gasteiger partial charge in [0, 0.05) is 13.0 Å². The minimum absolute atomic E-state index is 0.0903. The first-order valence-electron chi connectivity index (χ1n) is 21.2. The molecular weight excluding hydrogens is 673 g/mol. The number of rotatable bonds is 40. The van der Waals surface area contributed by atoms with Crippen molar-refractivity contribution in [3.05, 3.63) is 48.8 Å². The Hall–Kier alpha value is -1.70. The molecule has 0 spiro atoms. The second-order valence-electron chi connectivity index (χ2n) is 13.9. The number of carbonyl (C=O) groups is 1. The molecule has 0 aromatic heterocycles. The summed E-state index contributed by atoms with van der Waals surface area (Å²) in [5.41, 5.74) is 5.36. The van der Waals surface area contributed by atoms with Crippen LogP contribution in [0, 0.1) is 0 Å². The minimum atomic E-state index is -4.28. The van der Waals surface area contributed by atoms with Crippen LogP contribution < -0.4 is 5.73 Å². The van der Waals surface area contributed by atoms with Crippen molar-refractivity contribution in [2.45, 2.75) is 193 Å². The molecule has 52 heavy (non-hydrogen) atoms. The van der Waals surface area contributed by atoms with Crippen molar-refractivity contribution in [3.8, 4) is 0 Å². The van der Waals surface area contributed by atoms with Crippen molar-refractivity contribution in [1.29, 1.82) is 0 Å². The maximum atomic E-state index is 12.4. The number of carbonyl (C=O) groups excluding carboxylic acids is 1. The van der Waals surface area contributed by atoms with Crippen molar-refractivity contribution in [2.75, 3.05) is 26.4 Å². The SMILES string of the molecule is CCCCCCCCC=CCC=CCC=CCCCC(=O)OC[C@H](COP(=O)(O)OCCN)OC=CCCCCCCCCCCCCCCCC. The first-order chi connectivity index (χ1) is 25.4. The van der Waals surface area contributed by atoms with E-state index in [0.717, 1.165) is 32.1 Å². The zero-order chi connectivity index (χ0) is 38.1. The topological polar surface area (TPSA) is 117 Å². The molecule has 2 atom stereocenters. The quantitative estimate of drug-likeness (QED) is 0.0209. The Balaban J connectivity index is 4.17. The third kappa shape index (κ3) is 39.5. The lowest BCUT2D eigenvalue weighted by atomic mass is 10.0. The van der Waals surface area contributed by atoms with Crippen LogP contribution in [0.4, 0.5) is 0 Å². The highest BCUT2D eigenvalue weighted by molar-refractivity contribution is 7.47.